The van der Waals surface area contributed by atoms with Crippen LogP contribution in [0.5, 0.6) is 0 Å². The summed E-state index contributed by atoms with van der Waals surface area (Å²) in [5.74, 6) is -4.39. The predicted octanol–water partition coefficient (Wildman–Crippen LogP) is 3.78. The van der Waals surface area contributed by atoms with Crippen molar-refractivity contribution in [3.05, 3.63) is 111 Å². The quantitative estimate of drug-likeness (QED) is 0.163. The molecule has 0 spiro atoms. The molecule has 0 unspecified atom stereocenters. The van der Waals surface area contributed by atoms with Crippen molar-refractivity contribution in [3.63, 3.8) is 0 Å². The van der Waals surface area contributed by atoms with Crippen molar-refractivity contribution in [3.8, 4) is 0 Å². The molecule has 2 amide bonds. The van der Waals surface area contributed by atoms with Crippen LogP contribution >= 0.6 is 0 Å². The summed E-state index contributed by atoms with van der Waals surface area (Å²) >= 11 is 0. The number of imide groups is 1. The number of non-ortho nitro benzene ring substituents is 1. The van der Waals surface area contributed by atoms with Gasteiger partial charge in [0, 0.05) is 23.9 Å². The van der Waals surface area contributed by atoms with E-state index in [0.717, 1.165) is 16.0 Å². The van der Waals surface area contributed by atoms with E-state index >= 15 is 0 Å². The number of rotatable bonds is 5. The molecule has 194 valence electrons. The minimum absolute atomic E-state index is 0.0454. The normalized spacial score (nSPS) is 22.8. The molecule has 2 fully saturated rings. The number of ketones is 1. The Balaban J connectivity index is 1.51. The summed E-state index contributed by atoms with van der Waals surface area (Å²) < 4.78 is 4.87. The smallest absolute Gasteiger partial charge is 0.339 e. The third-order valence-electron chi connectivity index (χ3n) is 7.62. The summed E-state index contributed by atoms with van der Waals surface area (Å²) in [4.78, 5) is 68.1. The molecule has 3 aliphatic heterocycles. The van der Waals surface area contributed by atoms with Crippen molar-refractivity contribution in [1.29, 1.82) is 0 Å². The number of nitro groups is 1. The van der Waals surface area contributed by atoms with Gasteiger partial charge in [0.25, 0.3) is 5.69 Å². The second-order valence-corrected chi connectivity index (χ2v) is 9.53. The maximum atomic E-state index is 14.1. The number of ether oxygens (including phenoxy) is 1. The molecular weight excluding hydrogens is 502 g/mol. The zero-order valence-corrected chi connectivity index (χ0v) is 20.6. The lowest BCUT2D eigenvalue weighted by Gasteiger charge is -2.35. The van der Waals surface area contributed by atoms with Crippen molar-refractivity contribution >= 4 is 41.0 Å². The Bertz CT molecular complexity index is 1610. The summed E-state index contributed by atoms with van der Waals surface area (Å²) in [6, 6.07) is 17.2. The number of hydrogen-bond acceptors (Lipinski definition) is 8. The van der Waals surface area contributed by atoms with Crippen LogP contribution in [0.3, 0.4) is 0 Å². The number of nitro benzene ring substituents is 1. The van der Waals surface area contributed by atoms with Crippen LogP contribution in [0.25, 0.3) is 6.08 Å². The number of benzene rings is 3. The molecule has 10 heteroatoms. The third kappa shape index (κ3) is 3.56. The Morgan fingerprint density at radius 3 is 2.41 bits per heavy atom. The van der Waals surface area contributed by atoms with Crippen molar-refractivity contribution < 1.29 is 28.8 Å². The van der Waals surface area contributed by atoms with Crippen LogP contribution in [0, 0.1) is 22.0 Å². The van der Waals surface area contributed by atoms with Gasteiger partial charge in [0.1, 0.15) is 6.04 Å². The number of para-hydroxylation sites is 1. The maximum absolute atomic E-state index is 14.1. The Kier molecular flexibility index (Phi) is 5.60. The average molecular weight is 524 g/mol. The summed E-state index contributed by atoms with van der Waals surface area (Å²) in [5, 5.41) is 11.4. The Hall–Kier alpha value is -5.12. The van der Waals surface area contributed by atoms with Crippen LogP contribution in [0.4, 0.5) is 11.4 Å². The molecule has 10 nitrogen and oxygen atoms in total. The minimum Gasteiger partial charge on any atom is -0.465 e. The highest BCUT2D eigenvalue weighted by Crippen LogP contribution is 2.54. The average Bonchev–Trinajstić information content (AvgIpc) is 3.44. The number of carbonyl (C=O) groups excluding carboxylic acids is 4. The van der Waals surface area contributed by atoms with Gasteiger partial charge in [-0.1, -0.05) is 48.5 Å². The number of amides is 2. The van der Waals surface area contributed by atoms with Gasteiger partial charge in [-0.15, -0.1) is 0 Å². The van der Waals surface area contributed by atoms with Crippen LogP contribution in [0.1, 0.15) is 37.9 Å². The molecule has 0 saturated carbocycles. The van der Waals surface area contributed by atoms with Gasteiger partial charge in [0.05, 0.1) is 41.2 Å². The number of anilines is 1. The van der Waals surface area contributed by atoms with E-state index in [4.69, 9.17) is 4.74 Å². The van der Waals surface area contributed by atoms with Crippen molar-refractivity contribution in [2.24, 2.45) is 11.8 Å². The van der Waals surface area contributed by atoms with E-state index in [1.165, 1.54) is 43.5 Å². The number of methoxy groups -OCH3 is 1. The fourth-order valence-electron chi connectivity index (χ4n) is 5.99. The number of fused-ring (bicyclic) bond motifs is 5. The van der Waals surface area contributed by atoms with Gasteiger partial charge in [-0.25, -0.2) is 9.69 Å². The van der Waals surface area contributed by atoms with Crippen LogP contribution in [-0.2, 0) is 14.3 Å². The second kappa shape index (κ2) is 9.02. The topological polar surface area (TPSA) is 127 Å². The fourth-order valence-corrected chi connectivity index (χ4v) is 5.99. The van der Waals surface area contributed by atoms with Gasteiger partial charge in [-0.05, 0) is 29.3 Å². The first-order chi connectivity index (χ1) is 18.8. The molecule has 2 saturated heterocycles. The van der Waals surface area contributed by atoms with Crippen LogP contribution in [0.15, 0.2) is 79.0 Å². The molecule has 3 aromatic carbocycles. The first-order valence-corrected chi connectivity index (χ1v) is 12.2. The SMILES string of the molecule is COC(=O)c1ccccc1N1C(=O)[C@@H]2[C@H](C1=O)[C@@H]1c3ccccc3C=CN1[C@@H]2C(=O)c1cccc([N+](=O)[O-])c1. The highest BCUT2D eigenvalue weighted by Gasteiger charge is 2.64. The molecule has 3 aromatic rings. The lowest BCUT2D eigenvalue weighted by Crippen LogP contribution is -2.44. The van der Waals surface area contributed by atoms with E-state index in [-0.39, 0.29) is 22.5 Å². The molecule has 3 aliphatic rings. The second-order valence-electron chi connectivity index (χ2n) is 9.53. The van der Waals surface area contributed by atoms with E-state index in [9.17, 15) is 29.3 Å². The number of carbonyl (C=O) groups is 4. The van der Waals surface area contributed by atoms with E-state index in [2.05, 4.69) is 0 Å². The summed E-state index contributed by atoms with van der Waals surface area (Å²) in [5.41, 5.74) is 1.58. The predicted molar refractivity (Wildman–Crippen MR) is 139 cm³/mol. The third-order valence-corrected chi connectivity index (χ3v) is 7.62. The Labute approximate surface area is 222 Å². The van der Waals surface area contributed by atoms with Gasteiger partial charge in [-0.2, -0.15) is 0 Å². The molecule has 4 atom stereocenters. The number of Topliss-reactive ketones (excluding diaryl/α,β-unsaturated/α-hetero) is 1. The highest BCUT2D eigenvalue weighted by molar-refractivity contribution is 6.26. The molecule has 39 heavy (non-hydrogen) atoms. The molecule has 0 bridgehead atoms. The number of esters is 1. The standard InChI is InChI=1S/C29H21N3O7/c1-39-29(36)20-11-4-5-12-21(20)31-27(34)22-23(28(31)35)25(26(33)17-8-6-9-18(15-17)32(37)38)30-14-13-16-7-2-3-10-19(16)24(22)30/h2-15,22-25H,1H3/t22-,23+,24-,25-/m0/s1. The van der Waals surface area contributed by atoms with Gasteiger partial charge < -0.3 is 9.64 Å². The number of nitrogens with zero attached hydrogens (tertiary/aromatic N) is 3. The Morgan fingerprint density at radius 2 is 1.64 bits per heavy atom. The van der Waals surface area contributed by atoms with Gasteiger partial charge in [0.15, 0.2) is 5.78 Å². The van der Waals surface area contributed by atoms with E-state index in [1.807, 2.05) is 30.3 Å². The van der Waals surface area contributed by atoms with Crippen LogP contribution in [-0.4, -0.2) is 46.5 Å². The van der Waals surface area contributed by atoms with Crippen molar-refractivity contribution in [2.45, 2.75) is 12.1 Å². The summed E-state index contributed by atoms with van der Waals surface area (Å²) in [6.07, 6.45) is 3.53. The van der Waals surface area contributed by atoms with Gasteiger partial charge in [0.2, 0.25) is 11.8 Å². The molecule has 0 N–H and O–H groups in total. The molecule has 3 heterocycles. The maximum Gasteiger partial charge on any atom is 0.339 e. The zero-order chi connectivity index (χ0) is 27.4. The van der Waals surface area contributed by atoms with Gasteiger partial charge in [-0.3, -0.25) is 24.5 Å². The van der Waals surface area contributed by atoms with Crippen LogP contribution < -0.4 is 4.90 Å². The highest BCUT2D eigenvalue weighted by atomic mass is 16.6. The lowest BCUT2D eigenvalue weighted by molar-refractivity contribution is -0.384. The van der Waals surface area contributed by atoms with Crippen molar-refractivity contribution in [1.82, 2.24) is 4.90 Å². The molecule has 6 rings (SSSR count). The minimum atomic E-state index is -1.10. The van der Waals surface area contributed by atoms with E-state index in [0.29, 0.717) is 0 Å². The number of hydrogen-bond donors (Lipinski definition) is 0. The largest absolute Gasteiger partial charge is 0.465 e. The Morgan fingerprint density at radius 1 is 0.923 bits per heavy atom. The van der Waals surface area contributed by atoms with E-state index in [1.54, 1.807) is 23.2 Å². The lowest BCUT2D eigenvalue weighted by atomic mass is 9.83. The molecular formula is C29H21N3O7. The summed E-state index contributed by atoms with van der Waals surface area (Å²) in [6.45, 7) is 0. The first-order valence-electron chi connectivity index (χ1n) is 12.2. The monoisotopic (exact) mass is 523 g/mol. The molecule has 0 radical (unpaired) electrons. The first kappa shape index (κ1) is 24.2. The molecule has 0 aliphatic carbocycles. The molecule has 0 aromatic heterocycles. The zero-order valence-electron chi connectivity index (χ0n) is 20.6. The van der Waals surface area contributed by atoms with Crippen LogP contribution in [0.2, 0.25) is 0 Å². The fraction of sp³-hybridized carbons (Fsp3) is 0.172. The van der Waals surface area contributed by atoms with E-state index < -0.39 is 52.4 Å². The van der Waals surface area contributed by atoms with Crippen molar-refractivity contribution in [2.75, 3.05) is 12.0 Å². The summed E-state index contributed by atoms with van der Waals surface area (Å²) in [7, 11) is 1.21. The van der Waals surface area contributed by atoms with Gasteiger partial charge >= 0.3 is 5.97 Å².